The number of ether oxygens (including phenoxy) is 3. The molecule has 0 aliphatic heterocycles. The van der Waals surface area contributed by atoms with Crippen LogP contribution in [0.5, 0.6) is 17.2 Å². The molecule has 0 radical (unpaired) electrons. The Kier molecular flexibility index (Phi) is 8.07. The summed E-state index contributed by atoms with van der Waals surface area (Å²) in [5.41, 5.74) is 2.08. The van der Waals surface area contributed by atoms with Crippen molar-refractivity contribution < 1.29 is 28.9 Å². The van der Waals surface area contributed by atoms with Crippen LogP contribution in [0.2, 0.25) is 0 Å². The van der Waals surface area contributed by atoms with Crippen LogP contribution in [-0.2, 0) is 17.8 Å². The Morgan fingerprint density at radius 1 is 0.931 bits per heavy atom. The van der Waals surface area contributed by atoms with E-state index < -0.39 is 5.97 Å². The van der Waals surface area contributed by atoms with Crippen molar-refractivity contribution in [1.82, 2.24) is 0 Å². The second-order valence-electron chi connectivity index (χ2n) is 6.52. The lowest BCUT2D eigenvalue weighted by molar-refractivity contribution is 0.0521. The third-order valence-corrected chi connectivity index (χ3v) is 4.35. The summed E-state index contributed by atoms with van der Waals surface area (Å²) in [5.74, 6) is 0.322. The van der Waals surface area contributed by atoms with Gasteiger partial charge in [0, 0.05) is 5.56 Å². The van der Waals surface area contributed by atoms with E-state index in [1.54, 1.807) is 37.3 Å². The zero-order valence-corrected chi connectivity index (χ0v) is 17.4. The number of ketones is 1. The summed E-state index contributed by atoms with van der Waals surface area (Å²) in [5, 5.41) is 10.5. The second-order valence-corrected chi connectivity index (χ2v) is 6.52. The Morgan fingerprint density at radius 2 is 1.66 bits per heavy atom. The number of phenolic OH excluding ortho intramolecular Hbond substituents is 1. The fourth-order valence-electron chi connectivity index (χ4n) is 3.00. The number of Topliss-reactive ketones (excluding diaryl/α,β-unsaturated/α-hetero) is 1. The van der Waals surface area contributed by atoms with Crippen molar-refractivity contribution in [2.24, 2.45) is 0 Å². The van der Waals surface area contributed by atoms with Crippen molar-refractivity contribution in [3.63, 3.8) is 0 Å². The van der Waals surface area contributed by atoms with E-state index in [0.29, 0.717) is 41.2 Å². The van der Waals surface area contributed by atoms with Gasteiger partial charge in [-0.3, -0.25) is 4.79 Å². The van der Waals surface area contributed by atoms with Crippen molar-refractivity contribution in [1.29, 1.82) is 0 Å². The van der Waals surface area contributed by atoms with Crippen LogP contribution in [-0.4, -0.2) is 30.1 Å². The van der Waals surface area contributed by atoms with Gasteiger partial charge in [-0.05, 0) is 57.0 Å². The highest BCUT2D eigenvalue weighted by Crippen LogP contribution is 2.33. The van der Waals surface area contributed by atoms with Crippen molar-refractivity contribution in [2.45, 2.75) is 47.1 Å². The molecule has 0 heterocycles. The van der Waals surface area contributed by atoms with Crippen LogP contribution in [0.1, 0.15) is 66.0 Å². The molecular weight excluding hydrogens is 372 g/mol. The zero-order valence-electron chi connectivity index (χ0n) is 17.4. The molecule has 0 fully saturated rings. The first-order valence-corrected chi connectivity index (χ1v) is 9.84. The van der Waals surface area contributed by atoms with E-state index in [2.05, 4.69) is 0 Å². The van der Waals surface area contributed by atoms with Gasteiger partial charge in [-0.2, -0.15) is 0 Å². The number of carbonyl (C=O) groups excluding carboxylic acids is 2. The first-order valence-electron chi connectivity index (χ1n) is 9.84. The van der Waals surface area contributed by atoms with Gasteiger partial charge in [-0.15, -0.1) is 0 Å². The molecule has 156 valence electrons. The number of rotatable bonds is 10. The summed E-state index contributed by atoms with van der Waals surface area (Å²) in [6.45, 7) is 7.93. The molecule has 29 heavy (non-hydrogen) atoms. The molecular formula is C23H28O6. The lowest BCUT2D eigenvalue weighted by Crippen LogP contribution is -2.09. The third kappa shape index (κ3) is 5.50. The molecule has 0 saturated heterocycles. The molecule has 2 aromatic carbocycles. The van der Waals surface area contributed by atoms with E-state index in [9.17, 15) is 14.7 Å². The van der Waals surface area contributed by atoms with Crippen LogP contribution < -0.4 is 9.47 Å². The molecule has 6 nitrogen and oxygen atoms in total. The first-order chi connectivity index (χ1) is 13.9. The molecule has 6 heteroatoms. The topological polar surface area (TPSA) is 82.1 Å². The lowest BCUT2D eigenvalue weighted by atomic mass is 10.0. The molecule has 0 amide bonds. The van der Waals surface area contributed by atoms with Crippen molar-refractivity contribution in [2.75, 3.05) is 13.2 Å². The number of aromatic hydroxyl groups is 1. The van der Waals surface area contributed by atoms with E-state index in [1.165, 1.54) is 6.92 Å². The van der Waals surface area contributed by atoms with Gasteiger partial charge in [0.25, 0.3) is 0 Å². The summed E-state index contributed by atoms with van der Waals surface area (Å²) in [6.07, 6.45) is 1.39. The number of hydrogen-bond acceptors (Lipinski definition) is 6. The third-order valence-electron chi connectivity index (χ3n) is 4.35. The van der Waals surface area contributed by atoms with Gasteiger partial charge in [0.2, 0.25) is 0 Å². The molecule has 0 bridgehead atoms. The Bertz CT molecular complexity index is 872. The average Bonchev–Trinajstić information content (AvgIpc) is 2.68. The summed E-state index contributed by atoms with van der Waals surface area (Å²) < 4.78 is 16.6. The van der Waals surface area contributed by atoms with Gasteiger partial charge in [0.1, 0.15) is 29.4 Å². The monoisotopic (exact) mass is 400 g/mol. The fourth-order valence-corrected chi connectivity index (χ4v) is 3.00. The minimum atomic E-state index is -0.432. The highest BCUT2D eigenvalue weighted by molar-refractivity contribution is 5.97. The summed E-state index contributed by atoms with van der Waals surface area (Å²) >= 11 is 0. The van der Waals surface area contributed by atoms with Gasteiger partial charge in [-0.1, -0.05) is 19.4 Å². The average molecular weight is 400 g/mol. The molecule has 2 aromatic rings. The van der Waals surface area contributed by atoms with Gasteiger partial charge in [0.15, 0.2) is 5.78 Å². The van der Waals surface area contributed by atoms with Gasteiger partial charge >= 0.3 is 5.97 Å². The highest BCUT2D eigenvalue weighted by atomic mass is 16.5. The second kappa shape index (κ2) is 10.5. The van der Waals surface area contributed by atoms with E-state index in [0.717, 1.165) is 12.0 Å². The standard InChI is InChI=1S/C23H28O6/c1-5-8-18-20(12-11-17(15(4)24)22(18)25)29-14-16-9-10-19(23(26)28-7-3)21(13-16)27-6-2/h9-13,25H,5-8,14H2,1-4H3. The Hall–Kier alpha value is -3.02. The molecule has 0 aliphatic rings. The van der Waals surface area contributed by atoms with Crippen molar-refractivity contribution in [3.8, 4) is 17.2 Å². The van der Waals surface area contributed by atoms with Crippen LogP contribution in [0.25, 0.3) is 0 Å². The number of esters is 1. The molecule has 0 unspecified atom stereocenters. The molecule has 0 aliphatic carbocycles. The predicted molar refractivity (Wildman–Crippen MR) is 110 cm³/mol. The van der Waals surface area contributed by atoms with E-state index in [4.69, 9.17) is 14.2 Å². The van der Waals surface area contributed by atoms with E-state index in [-0.39, 0.29) is 24.7 Å². The number of benzene rings is 2. The number of phenols is 1. The SMILES string of the molecule is CCCc1c(OCc2ccc(C(=O)OCC)c(OCC)c2)ccc(C(C)=O)c1O. The lowest BCUT2D eigenvalue weighted by Gasteiger charge is -2.16. The van der Waals surface area contributed by atoms with Gasteiger partial charge in [-0.25, -0.2) is 4.79 Å². The van der Waals surface area contributed by atoms with Crippen LogP contribution >= 0.6 is 0 Å². The van der Waals surface area contributed by atoms with E-state index >= 15 is 0 Å². The van der Waals surface area contributed by atoms with Crippen molar-refractivity contribution in [3.05, 3.63) is 52.6 Å². The van der Waals surface area contributed by atoms with Crippen LogP contribution in [0, 0.1) is 0 Å². The van der Waals surface area contributed by atoms with Gasteiger partial charge < -0.3 is 19.3 Å². The summed E-state index contributed by atoms with van der Waals surface area (Å²) in [7, 11) is 0. The number of hydrogen-bond donors (Lipinski definition) is 1. The molecule has 2 rings (SSSR count). The van der Waals surface area contributed by atoms with Crippen LogP contribution in [0.3, 0.4) is 0 Å². The smallest absolute Gasteiger partial charge is 0.341 e. The quantitative estimate of drug-likeness (QED) is 0.460. The minimum Gasteiger partial charge on any atom is -0.507 e. The summed E-state index contributed by atoms with van der Waals surface area (Å²) in [6, 6.07) is 8.46. The molecule has 0 atom stereocenters. The maximum atomic E-state index is 12.1. The molecule has 0 saturated carbocycles. The van der Waals surface area contributed by atoms with Crippen LogP contribution in [0.4, 0.5) is 0 Å². The Balaban J connectivity index is 2.27. The normalized spacial score (nSPS) is 10.5. The minimum absolute atomic E-state index is 0.0236. The molecule has 1 N–H and O–H groups in total. The Labute approximate surface area is 171 Å². The maximum Gasteiger partial charge on any atom is 0.341 e. The highest BCUT2D eigenvalue weighted by Gasteiger charge is 2.17. The fraction of sp³-hybridized carbons (Fsp3) is 0.391. The zero-order chi connectivity index (χ0) is 21.4. The molecule has 0 spiro atoms. The first kappa shape index (κ1) is 22.3. The summed E-state index contributed by atoms with van der Waals surface area (Å²) in [4.78, 5) is 23.8. The van der Waals surface area contributed by atoms with E-state index in [1.807, 2.05) is 13.8 Å². The maximum absolute atomic E-state index is 12.1. The van der Waals surface area contributed by atoms with Crippen LogP contribution in [0.15, 0.2) is 30.3 Å². The van der Waals surface area contributed by atoms with Crippen molar-refractivity contribution >= 4 is 11.8 Å². The van der Waals surface area contributed by atoms with Gasteiger partial charge in [0.05, 0.1) is 18.8 Å². The Morgan fingerprint density at radius 3 is 2.28 bits per heavy atom. The number of carbonyl (C=O) groups is 2. The predicted octanol–water partition coefficient (Wildman–Crippen LogP) is 4.70. The largest absolute Gasteiger partial charge is 0.507 e. The molecule has 0 aromatic heterocycles.